The largest absolute Gasteiger partial charge is 0.396 e. The Bertz CT molecular complexity index is 288. The maximum absolute atomic E-state index is 9.21. The number of rotatable bonds is 5. The monoisotopic (exact) mass is 372 g/mol. The van der Waals surface area contributed by atoms with Crippen LogP contribution in [-0.4, -0.2) is 36.1 Å². The smallest absolute Gasteiger partial charge is 0.0540 e. The molecule has 0 aromatic rings. The first-order valence-electron chi connectivity index (χ1n) is 11.1. The molecule has 1 saturated heterocycles. The predicted octanol–water partition coefficient (Wildman–Crippen LogP) is 5.68. The van der Waals surface area contributed by atoms with E-state index in [0.29, 0.717) is 6.61 Å². The average molecular weight is 373 g/mol. The lowest BCUT2D eigenvalue weighted by molar-refractivity contribution is 0.0523. The molecule has 3 nitrogen and oxygen atoms in total. The fraction of sp³-hybridized carbons (Fsp3) is 1.00. The third kappa shape index (κ3) is 14.0. The first-order chi connectivity index (χ1) is 12.3. The van der Waals surface area contributed by atoms with Gasteiger partial charge in [0, 0.05) is 19.8 Å². The maximum Gasteiger partial charge on any atom is 0.0540 e. The molecule has 0 radical (unpaired) electrons. The highest BCUT2D eigenvalue weighted by atomic mass is 16.5. The molecule has 1 saturated carbocycles. The van der Waals surface area contributed by atoms with Crippen molar-refractivity contribution in [2.24, 2.45) is 29.6 Å². The van der Waals surface area contributed by atoms with Gasteiger partial charge >= 0.3 is 0 Å². The van der Waals surface area contributed by atoms with E-state index in [0.717, 1.165) is 68.5 Å². The van der Waals surface area contributed by atoms with Crippen LogP contribution in [0.4, 0.5) is 0 Å². The SMILES string of the molecule is CC(C)C1CCC(O)CC1.CC(C)C1CCOCC1.CC(C)CCCO. The van der Waals surface area contributed by atoms with Crippen LogP contribution in [0.2, 0.25) is 0 Å². The molecule has 0 aromatic carbocycles. The molecule has 1 aliphatic carbocycles. The summed E-state index contributed by atoms with van der Waals surface area (Å²) >= 11 is 0. The van der Waals surface area contributed by atoms with Gasteiger partial charge in [0.15, 0.2) is 0 Å². The summed E-state index contributed by atoms with van der Waals surface area (Å²) in [4.78, 5) is 0. The van der Waals surface area contributed by atoms with Crippen molar-refractivity contribution in [2.45, 2.75) is 99.0 Å². The number of ether oxygens (including phenoxy) is 1. The summed E-state index contributed by atoms with van der Waals surface area (Å²) in [6.07, 6.45) is 9.20. The lowest BCUT2D eigenvalue weighted by Gasteiger charge is -2.27. The van der Waals surface area contributed by atoms with E-state index >= 15 is 0 Å². The fourth-order valence-electron chi connectivity index (χ4n) is 3.65. The Labute approximate surface area is 163 Å². The lowest BCUT2D eigenvalue weighted by Crippen LogP contribution is -2.21. The molecule has 0 atom stereocenters. The summed E-state index contributed by atoms with van der Waals surface area (Å²) in [7, 11) is 0. The Morgan fingerprint density at radius 3 is 1.54 bits per heavy atom. The van der Waals surface area contributed by atoms with Crippen molar-refractivity contribution in [3.8, 4) is 0 Å². The summed E-state index contributed by atoms with van der Waals surface area (Å²) in [5, 5.41) is 17.5. The van der Waals surface area contributed by atoms with Crippen LogP contribution in [0.5, 0.6) is 0 Å². The highest BCUT2D eigenvalue weighted by Crippen LogP contribution is 2.29. The third-order valence-corrected chi connectivity index (χ3v) is 5.83. The molecule has 0 aromatic heterocycles. The molecule has 2 rings (SSSR count). The van der Waals surface area contributed by atoms with Crippen molar-refractivity contribution in [3.63, 3.8) is 0 Å². The fourth-order valence-corrected chi connectivity index (χ4v) is 3.65. The van der Waals surface area contributed by atoms with Crippen molar-refractivity contribution < 1.29 is 14.9 Å². The zero-order chi connectivity index (χ0) is 19.9. The van der Waals surface area contributed by atoms with E-state index in [9.17, 15) is 5.11 Å². The van der Waals surface area contributed by atoms with Gasteiger partial charge in [0.1, 0.15) is 0 Å². The molecule has 2 aliphatic rings. The van der Waals surface area contributed by atoms with Crippen LogP contribution in [0.1, 0.15) is 92.9 Å². The molecule has 0 bridgehead atoms. The second kappa shape index (κ2) is 15.9. The van der Waals surface area contributed by atoms with Gasteiger partial charge < -0.3 is 14.9 Å². The van der Waals surface area contributed by atoms with Crippen molar-refractivity contribution in [3.05, 3.63) is 0 Å². The minimum atomic E-state index is 0.00926. The minimum absolute atomic E-state index is 0.00926. The first kappa shape index (κ1) is 25.9. The van der Waals surface area contributed by atoms with Gasteiger partial charge in [0.2, 0.25) is 0 Å². The summed E-state index contributed by atoms with van der Waals surface area (Å²) in [5.74, 6) is 4.22. The molecule has 0 unspecified atom stereocenters. The topological polar surface area (TPSA) is 49.7 Å². The predicted molar refractivity (Wildman–Crippen MR) is 112 cm³/mol. The number of aliphatic hydroxyl groups is 2. The van der Waals surface area contributed by atoms with Crippen LogP contribution in [-0.2, 0) is 4.74 Å². The van der Waals surface area contributed by atoms with Gasteiger partial charge in [-0.05, 0) is 81.0 Å². The molecular formula is C23H48O3. The minimum Gasteiger partial charge on any atom is -0.396 e. The van der Waals surface area contributed by atoms with Crippen molar-refractivity contribution >= 4 is 0 Å². The van der Waals surface area contributed by atoms with Gasteiger partial charge in [-0.25, -0.2) is 0 Å². The number of aliphatic hydroxyl groups excluding tert-OH is 2. The highest BCUT2D eigenvalue weighted by molar-refractivity contribution is 4.73. The highest BCUT2D eigenvalue weighted by Gasteiger charge is 2.21. The van der Waals surface area contributed by atoms with Gasteiger partial charge in [-0.2, -0.15) is 0 Å². The second-order valence-corrected chi connectivity index (χ2v) is 9.27. The molecular weight excluding hydrogens is 324 g/mol. The van der Waals surface area contributed by atoms with E-state index in [2.05, 4.69) is 41.5 Å². The van der Waals surface area contributed by atoms with Gasteiger partial charge in [0.05, 0.1) is 6.10 Å². The molecule has 1 heterocycles. The Hall–Kier alpha value is -0.120. The second-order valence-electron chi connectivity index (χ2n) is 9.27. The average Bonchev–Trinajstić information content (AvgIpc) is 2.62. The first-order valence-corrected chi connectivity index (χ1v) is 11.1. The summed E-state index contributed by atoms with van der Waals surface area (Å²) in [6.45, 7) is 15.8. The number of hydrogen-bond donors (Lipinski definition) is 2. The summed E-state index contributed by atoms with van der Waals surface area (Å²) < 4.78 is 5.25. The third-order valence-electron chi connectivity index (χ3n) is 5.83. The van der Waals surface area contributed by atoms with E-state index in [-0.39, 0.29) is 6.10 Å². The molecule has 3 heteroatoms. The van der Waals surface area contributed by atoms with Gasteiger partial charge in [-0.3, -0.25) is 0 Å². The molecule has 2 fully saturated rings. The Kier molecular flexibility index (Phi) is 15.8. The Morgan fingerprint density at radius 1 is 0.769 bits per heavy atom. The van der Waals surface area contributed by atoms with Crippen LogP contribution in [0.25, 0.3) is 0 Å². The standard InChI is InChI=1S/C9H18O.C8H16O.C6H14O/c1-7(2)8-3-5-9(10)6-4-8;1-7(2)8-3-5-9-6-4-8;1-6(2)4-3-5-7/h7-10H,3-6H2,1-2H3;7-8H,3-6H2,1-2H3;6-7H,3-5H2,1-2H3. The van der Waals surface area contributed by atoms with Crippen LogP contribution in [0.15, 0.2) is 0 Å². The normalized spacial score (nSPS) is 24.1. The van der Waals surface area contributed by atoms with Crippen molar-refractivity contribution in [1.29, 1.82) is 0 Å². The Balaban J connectivity index is 0.000000368. The molecule has 1 aliphatic heterocycles. The van der Waals surface area contributed by atoms with Gasteiger partial charge in [0.25, 0.3) is 0 Å². The maximum atomic E-state index is 9.21. The molecule has 2 N–H and O–H groups in total. The van der Waals surface area contributed by atoms with Crippen LogP contribution in [0, 0.1) is 29.6 Å². The van der Waals surface area contributed by atoms with Crippen LogP contribution in [0.3, 0.4) is 0 Å². The molecule has 26 heavy (non-hydrogen) atoms. The van der Waals surface area contributed by atoms with E-state index in [4.69, 9.17) is 9.84 Å². The lowest BCUT2D eigenvalue weighted by atomic mass is 9.81. The molecule has 0 amide bonds. The summed E-state index contributed by atoms with van der Waals surface area (Å²) in [5.41, 5.74) is 0. The van der Waals surface area contributed by atoms with E-state index in [1.54, 1.807) is 0 Å². The zero-order valence-corrected chi connectivity index (χ0v) is 18.5. The van der Waals surface area contributed by atoms with E-state index < -0.39 is 0 Å². The van der Waals surface area contributed by atoms with Crippen molar-refractivity contribution in [1.82, 2.24) is 0 Å². The molecule has 158 valence electrons. The van der Waals surface area contributed by atoms with Gasteiger partial charge in [-0.1, -0.05) is 41.5 Å². The zero-order valence-electron chi connectivity index (χ0n) is 18.5. The molecule has 0 spiro atoms. The number of hydrogen-bond acceptors (Lipinski definition) is 3. The van der Waals surface area contributed by atoms with Crippen LogP contribution < -0.4 is 0 Å². The van der Waals surface area contributed by atoms with E-state index in [1.807, 2.05) is 0 Å². The van der Waals surface area contributed by atoms with Crippen molar-refractivity contribution in [2.75, 3.05) is 19.8 Å². The quantitative estimate of drug-likeness (QED) is 0.653. The van der Waals surface area contributed by atoms with Gasteiger partial charge in [-0.15, -0.1) is 0 Å². The van der Waals surface area contributed by atoms with E-state index in [1.165, 1.54) is 25.7 Å². The van der Waals surface area contributed by atoms with Crippen LogP contribution >= 0.6 is 0 Å². The summed E-state index contributed by atoms with van der Waals surface area (Å²) in [6, 6.07) is 0. The Morgan fingerprint density at radius 2 is 1.23 bits per heavy atom.